The van der Waals surface area contributed by atoms with E-state index in [1.165, 1.54) is 17.3 Å². The first-order valence-corrected chi connectivity index (χ1v) is 10.6. The standard InChI is InChI=1S/C22H28N2O2S/c1-18(27-17-21(25)20-10-6-3-7-11-20)22(26)24-14-12-23(13-15-24)16-19-8-4-2-5-9-19/h2-11,18,21,25H,12-17H2,1H3. The number of aliphatic hydroxyl groups is 1. The van der Waals surface area contributed by atoms with Crippen LogP contribution < -0.4 is 0 Å². The van der Waals surface area contributed by atoms with Gasteiger partial charge >= 0.3 is 0 Å². The van der Waals surface area contributed by atoms with E-state index in [1.54, 1.807) is 0 Å². The first-order chi connectivity index (χ1) is 13.1. The Balaban J connectivity index is 1.42. The Morgan fingerprint density at radius 3 is 2.22 bits per heavy atom. The number of aliphatic hydroxyl groups excluding tert-OH is 1. The molecule has 0 spiro atoms. The number of amides is 1. The molecule has 2 aromatic carbocycles. The van der Waals surface area contributed by atoms with Crippen LogP contribution in [0.2, 0.25) is 0 Å². The molecule has 4 nitrogen and oxygen atoms in total. The van der Waals surface area contributed by atoms with Crippen LogP contribution in [0.4, 0.5) is 0 Å². The minimum Gasteiger partial charge on any atom is -0.388 e. The zero-order valence-corrected chi connectivity index (χ0v) is 16.6. The van der Waals surface area contributed by atoms with Crippen molar-refractivity contribution < 1.29 is 9.90 Å². The maximum absolute atomic E-state index is 12.7. The van der Waals surface area contributed by atoms with Gasteiger partial charge in [-0.15, -0.1) is 11.8 Å². The van der Waals surface area contributed by atoms with Crippen molar-refractivity contribution in [3.63, 3.8) is 0 Å². The van der Waals surface area contributed by atoms with Crippen molar-refractivity contribution in [3.05, 3.63) is 71.8 Å². The number of piperazine rings is 1. The maximum Gasteiger partial charge on any atom is 0.235 e. The van der Waals surface area contributed by atoms with Crippen molar-refractivity contribution in [2.75, 3.05) is 31.9 Å². The number of hydrogen-bond donors (Lipinski definition) is 1. The van der Waals surface area contributed by atoms with Crippen LogP contribution >= 0.6 is 11.8 Å². The van der Waals surface area contributed by atoms with Gasteiger partial charge in [0.2, 0.25) is 5.91 Å². The quantitative estimate of drug-likeness (QED) is 0.796. The van der Waals surface area contributed by atoms with Gasteiger partial charge < -0.3 is 10.0 Å². The van der Waals surface area contributed by atoms with Crippen molar-refractivity contribution in [2.24, 2.45) is 0 Å². The first-order valence-electron chi connectivity index (χ1n) is 9.53. The van der Waals surface area contributed by atoms with Gasteiger partial charge in [0.25, 0.3) is 0 Å². The minimum atomic E-state index is -0.533. The Morgan fingerprint density at radius 1 is 1.00 bits per heavy atom. The average molecular weight is 385 g/mol. The summed E-state index contributed by atoms with van der Waals surface area (Å²) in [6, 6.07) is 20.1. The van der Waals surface area contributed by atoms with Gasteiger partial charge in [0, 0.05) is 38.5 Å². The van der Waals surface area contributed by atoms with Crippen molar-refractivity contribution in [1.29, 1.82) is 0 Å². The number of carbonyl (C=O) groups is 1. The molecule has 144 valence electrons. The molecule has 0 aromatic heterocycles. The summed E-state index contributed by atoms with van der Waals surface area (Å²) in [6.07, 6.45) is -0.533. The molecule has 1 aliphatic heterocycles. The lowest BCUT2D eigenvalue weighted by atomic mass is 10.1. The zero-order chi connectivity index (χ0) is 19.1. The third-order valence-corrected chi connectivity index (χ3v) is 6.18. The van der Waals surface area contributed by atoms with E-state index in [-0.39, 0.29) is 11.2 Å². The summed E-state index contributed by atoms with van der Waals surface area (Å²) in [7, 11) is 0. The highest BCUT2D eigenvalue weighted by Crippen LogP contribution is 2.23. The lowest BCUT2D eigenvalue weighted by Gasteiger charge is -2.36. The lowest BCUT2D eigenvalue weighted by Crippen LogP contribution is -2.50. The predicted molar refractivity (Wildman–Crippen MR) is 112 cm³/mol. The van der Waals surface area contributed by atoms with Crippen LogP contribution in [0, 0.1) is 0 Å². The van der Waals surface area contributed by atoms with Crippen LogP contribution in [0.1, 0.15) is 24.2 Å². The summed E-state index contributed by atoms with van der Waals surface area (Å²) in [5.74, 6) is 0.713. The molecular weight excluding hydrogens is 356 g/mol. The van der Waals surface area contributed by atoms with E-state index in [1.807, 2.05) is 48.2 Å². The lowest BCUT2D eigenvalue weighted by molar-refractivity contribution is -0.132. The van der Waals surface area contributed by atoms with Crippen LogP contribution in [0.15, 0.2) is 60.7 Å². The van der Waals surface area contributed by atoms with Crippen LogP contribution in [0.3, 0.4) is 0 Å². The summed E-state index contributed by atoms with van der Waals surface area (Å²) in [5, 5.41) is 10.1. The van der Waals surface area contributed by atoms with Crippen LogP contribution in [0.5, 0.6) is 0 Å². The first kappa shape index (κ1) is 19.9. The van der Waals surface area contributed by atoms with Gasteiger partial charge in [0.1, 0.15) is 0 Å². The Labute approximate surface area is 166 Å². The van der Waals surface area contributed by atoms with Gasteiger partial charge in [0.15, 0.2) is 0 Å². The van der Waals surface area contributed by atoms with Crippen LogP contribution in [0.25, 0.3) is 0 Å². The monoisotopic (exact) mass is 384 g/mol. The number of benzene rings is 2. The molecule has 0 aliphatic carbocycles. The van der Waals surface area contributed by atoms with Gasteiger partial charge in [-0.05, 0) is 18.1 Å². The Hall–Kier alpha value is -1.82. The molecule has 0 bridgehead atoms. The topological polar surface area (TPSA) is 43.8 Å². The molecular formula is C22H28N2O2S. The summed E-state index contributed by atoms with van der Waals surface area (Å²) < 4.78 is 0. The fourth-order valence-corrected chi connectivity index (χ4v) is 4.26. The molecule has 1 saturated heterocycles. The second-order valence-electron chi connectivity index (χ2n) is 6.99. The van der Waals surface area contributed by atoms with Crippen molar-refractivity contribution in [1.82, 2.24) is 9.80 Å². The molecule has 1 aliphatic rings. The predicted octanol–water partition coefficient (Wildman–Crippen LogP) is 3.19. The third-order valence-electron chi connectivity index (χ3n) is 4.97. The molecule has 2 atom stereocenters. The second-order valence-corrected chi connectivity index (χ2v) is 8.36. The van der Waals surface area contributed by atoms with E-state index in [4.69, 9.17) is 0 Å². The zero-order valence-electron chi connectivity index (χ0n) is 15.8. The van der Waals surface area contributed by atoms with Crippen LogP contribution in [-0.4, -0.2) is 58.0 Å². The molecule has 1 fully saturated rings. The number of hydrogen-bond acceptors (Lipinski definition) is 4. The van der Waals surface area contributed by atoms with Crippen molar-refractivity contribution in [3.8, 4) is 0 Å². The summed E-state index contributed by atoms with van der Waals surface area (Å²) in [6.45, 7) is 6.25. The van der Waals surface area contributed by atoms with Crippen LogP contribution in [-0.2, 0) is 11.3 Å². The number of carbonyl (C=O) groups excluding carboxylic acids is 1. The fraction of sp³-hybridized carbons (Fsp3) is 0.409. The van der Waals surface area contributed by atoms with Gasteiger partial charge in [0.05, 0.1) is 11.4 Å². The minimum absolute atomic E-state index is 0.135. The van der Waals surface area contributed by atoms with Gasteiger partial charge in [-0.2, -0.15) is 0 Å². The Bertz CT molecular complexity index is 703. The van der Waals surface area contributed by atoms with E-state index >= 15 is 0 Å². The maximum atomic E-state index is 12.7. The average Bonchev–Trinajstić information content (AvgIpc) is 2.73. The third kappa shape index (κ3) is 5.83. The largest absolute Gasteiger partial charge is 0.388 e. The Morgan fingerprint density at radius 2 is 1.59 bits per heavy atom. The van der Waals surface area contributed by atoms with Gasteiger partial charge in [-0.25, -0.2) is 0 Å². The SMILES string of the molecule is CC(SCC(O)c1ccccc1)C(=O)N1CCN(Cc2ccccc2)CC1. The molecule has 0 radical (unpaired) electrons. The van der Waals surface area contributed by atoms with E-state index in [9.17, 15) is 9.90 Å². The van der Waals surface area contributed by atoms with Gasteiger partial charge in [-0.3, -0.25) is 9.69 Å². The molecule has 3 rings (SSSR count). The molecule has 27 heavy (non-hydrogen) atoms. The Kier molecular flexibility index (Phi) is 7.33. The molecule has 1 N–H and O–H groups in total. The summed E-state index contributed by atoms with van der Waals surface area (Å²) in [5.41, 5.74) is 2.22. The smallest absolute Gasteiger partial charge is 0.235 e. The normalized spacial score (nSPS) is 17.5. The van der Waals surface area contributed by atoms with E-state index in [2.05, 4.69) is 29.2 Å². The second kappa shape index (κ2) is 9.93. The highest BCUT2D eigenvalue weighted by molar-refractivity contribution is 8.00. The van der Waals surface area contributed by atoms with E-state index < -0.39 is 6.10 Å². The molecule has 1 amide bonds. The molecule has 0 saturated carbocycles. The molecule has 2 aromatic rings. The summed E-state index contributed by atoms with van der Waals surface area (Å²) >= 11 is 1.53. The number of nitrogens with zero attached hydrogens (tertiary/aromatic N) is 2. The summed E-state index contributed by atoms with van der Waals surface area (Å²) in [4.78, 5) is 17.1. The van der Waals surface area contributed by atoms with Crippen molar-refractivity contribution in [2.45, 2.75) is 24.8 Å². The molecule has 5 heteroatoms. The van der Waals surface area contributed by atoms with E-state index in [0.717, 1.165) is 38.3 Å². The van der Waals surface area contributed by atoms with E-state index in [0.29, 0.717) is 5.75 Å². The molecule has 1 heterocycles. The van der Waals surface area contributed by atoms with Gasteiger partial charge in [-0.1, -0.05) is 60.7 Å². The fourth-order valence-electron chi connectivity index (χ4n) is 3.30. The number of rotatable bonds is 7. The van der Waals surface area contributed by atoms with Crippen molar-refractivity contribution >= 4 is 17.7 Å². The molecule has 2 unspecified atom stereocenters. The highest BCUT2D eigenvalue weighted by Gasteiger charge is 2.25. The highest BCUT2D eigenvalue weighted by atomic mass is 32.2. The number of thioether (sulfide) groups is 1.